The van der Waals surface area contributed by atoms with Crippen molar-refractivity contribution in [2.75, 3.05) is 6.54 Å². The molecule has 3 nitrogen and oxygen atoms in total. The molecule has 1 aromatic carbocycles. The zero-order valence-corrected chi connectivity index (χ0v) is 13.4. The van der Waals surface area contributed by atoms with Gasteiger partial charge in [0.1, 0.15) is 0 Å². The van der Waals surface area contributed by atoms with Gasteiger partial charge in [-0.1, -0.05) is 58.0 Å². The molecule has 0 heterocycles. The van der Waals surface area contributed by atoms with Gasteiger partial charge in [0.2, 0.25) is 5.91 Å². The van der Waals surface area contributed by atoms with E-state index in [1.165, 1.54) is 0 Å². The molecule has 0 aliphatic heterocycles. The Morgan fingerprint density at radius 1 is 1.20 bits per heavy atom. The molecular formula is C17H28N2O. The monoisotopic (exact) mass is 276 g/mol. The van der Waals surface area contributed by atoms with Gasteiger partial charge in [-0.05, 0) is 24.3 Å². The highest BCUT2D eigenvalue weighted by Crippen LogP contribution is 2.32. The molecule has 2 unspecified atom stereocenters. The molecule has 112 valence electrons. The van der Waals surface area contributed by atoms with Gasteiger partial charge in [0, 0.05) is 6.04 Å². The maximum Gasteiger partial charge on any atom is 0.234 e. The number of benzene rings is 1. The second kappa shape index (κ2) is 7.44. The molecule has 0 saturated carbocycles. The van der Waals surface area contributed by atoms with Crippen molar-refractivity contribution in [2.24, 2.45) is 5.41 Å². The first kappa shape index (κ1) is 16.7. The van der Waals surface area contributed by atoms with Crippen molar-refractivity contribution >= 4 is 5.91 Å². The fourth-order valence-electron chi connectivity index (χ4n) is 2.07. The van der Waals surface area contributed by atoms with Crippen molar-refractivity contribution in [2.45, 2.75) is 53.1 Å². The highest BCUT2D eigenvalue weighted by Gasteiger charge is 2.27. The van der Waals surface area contributed by atoms with Gasteiger partial charge in [0.05, 0.1) is 12.6 Å². The van der Waals surface area contributed by atoms with Gasteiger partial charge < -0.3 is 10.6 Å². The van der Waals surface area contributed by atoms with Crippen LogP contribution in [0.3, 0.4) is 0 Å². The van der Waals surface area contributed by atoms with Gasteiger partial charge in [0.15, 0.2) is 0 Å². The van der Waals surface area contributed by atoms with Crippen LogP contribution < -0.4 is 10.6 Å². The summed E-state index contributed by atoms with van der Waals surface area (Å²) < 4.78 is 0. The Kier molecular flexibility index (Phi) is 6.21. The van der Waals surface area contributed by atoms with Gasteiger partial charge in [-0.25, -0.2) is 0 Å². The van der Waals surface area contributed by atoms with Crippen LogP contribution in [0, 0.1) is 5.41 Å². The lowest BCUT2D eigenvalue weighted by Gasteiger charge is -2.32. The third-order valence-electron chi connectivity index (χ3n) is 3.53. The molecule has 0 fully saturated rings. The Hall–Kier alpha value is -1.35. The first-order valence-corrected chi connectivity index (χ1v) is 7.42. The van der Waals surface area contributed by atoms with Crippen LogP contribution in [0.15, 0.2) is 30.3 Å². The number of nitrogens with one attached hydrogen (secondary N) is 2. The molecule has 0 radical (unpaired) electrons. The molecule has 1 aromatic rings. The summed E-state index contributed by atoms with van der Waals surface area (Å²) in [5.74, 6) is 0.0501. The van der Waals surface area contributed by atoms with E-state index >= 15 is 0 Å². The smallest absolute Gasteiger partial charge is 0.234 e. The third-order valence-corrected chi connectivity index (χ3v) is 3.53. The summed E-state index contributed by atoms with van der Waals surface area (Å²) in [7, 11) is 0. The summed E-state index contributed by atoms with van der Waals surface area (Å²) in [6.45, 7) is 11.0. The summed E-state index contributed by atoms with van der Waals surface area (Å²) in [4.78, 5) is 12.1. The van der Waals surface area contributed by atoms with Gasteiger partial charge in [0.25, 0.3) is 0 Å². The van der Waals surface area contributed by atoms with E-state index in [1.807, 2.05) is 18.2 Å². The van der Waals surface area contributed by atoms with Crippen LogP contribution >= 0.6 is 0 Å². The SMILES string of the molecule is CCC(C)NCC(=O)NC(c1ccccc1)C(C)(C)C. The Morgan fingerprint density at radius 3 is 2.30 bits per heavy atom. The van der Waals surface area contributed by atoms with Crippen LogP contribution in [0.4, 0.5) is 0 Å². The van der Waals surface area contributed by atoms with Crippen LogP contribution in [-0.2, 0) is 4.79 Å². The molecule has 20 heavy (non-hydrogen) atoms. The Labute approximate surface area is 123 Å². The minimum absolute atomic E-state index is 0.0205. The van der Waals surface area contributed by atoms with E-state index in [0.717, 1.165) is 12.0 Å². The van der Waals surface area contributed by atoms with E-state index in [4.69, 9.17) is 0 Å². The van der Waals surface area contributed by atoms with E-state index in [9.17, 15) is 4.79 Å². The lowest BCUT2D eigenvalue weighted by molar-refractivity contribution is -0.121. The normalized spacial score (nSPS) is 14.7. The number of carbonyl (C=O) groups is 1. The van der Waals surface area contributed by atoms with Crippen LogP contribution in [0.2, 0.25) is 0 Å². The first-order valence-electron chi connectivity index (χ1n) is 7.42. The number of carbonyl (C=O) groups excluding carboxylic acids is 1. The van der Waals surface area contributed by atoms with E-state index in [-0.39, 0.29) is 17.4 Å². The first-order chi connectivity index (χ1) is 9.34. The van der Waals surface area contributed by atoms with Crippen molar-refractivity contribution in [1.29, 1.82) is 0 Å². The molecule has 0 bridgehead atoms. The summed E-state index contributed by atoms with van der Waals surface area (Å²) in [6.07, 6.45) is 1.02. The van der Waals surface area contributed by atoms with Gasteiger partial charge >= 0.3 is 0 Å². The number of hydrogen-bond donors (Lipinski definition) is 2. The maximum atomic E-state index is 12.1. The molecular weight excluding hydrogens is 248 g/mol. The molecule has 0 aliphatic carbocycles. The van der Waals surface area contributed by atoms with Crippen molar-refractivity contribution < 1.29 is 4.79 Å². The number of amides is 1. The Bertz CT molecular complexity index is 409. The molecule has 0 spiro atoms. The predicted molar refractivity (Wildman–Crippen MR) is 84.5 cm³/mol. The van der Waals surface area contributed by atoms with Gasteiger partial charge in [-0.3, -0.25) is 4.79 Å². The second-order valence-electron chi connectivity index (χ2n) is 6.47. The molecule has 0 saturated heterocycles. The fraction of sp³-hybridized carbons (Fsp3) is 0.588. The molecule has 2 atom stereocenters. The zero-order valence-electron chi connectivity index (χ0n) is 13.4. The predicted octanol–water partition coefficient (Wildman–Crippen LogP) is 3.28. The van der Waals surface area contributed by atoms with Crippen LogP contribution in [0.1, 0.15) is 52.6 Å². The summed E-state index contributed by atoms with van der Waals surface area (Å²) in [5, 5.41) is 6.38. The quantitative estimate of drug-likeness (QED) is 0.837. The van der Waals surface area contributed by atoms with Crippen LogP contribution in [0.5, 0.6) is 0 Å². The van der Waals surface area contributed by atoms with E-state index in [2.05, 4.69) is 57.4 Å². The molecule has 0 aromatic heterocycles. The highest BCUT2D eigenvalue weighted by molar-refractivity contribution is 5.78. The second-order valence-corrected chi connectivity index (χ2v) is 6.47. The largest absolute Gasteiger partial charge is 0.348 e. The zero-order chi connectivity index (χ0) is 15.2. The van der Waals surface area contributed by atoms with Crippen LogP contribution in [0.25, 0.3) is 0 Å². The summed E-state index contributed by atoms with van der Waals surface area (Å²) >= 11 is 0. The fourth-order valence-corrected chi connectivity index (χ4v) is 2.07. The molecule has 0 aliphatic rings. The lowest BCUT2D eigenvalue weighted by Crippen LogP contribution is -2.42. The third kappa shape index (κ3) is 5.33. The number of hydrogen-bond acceptors (Lipinski definition) is 2. The minimum Gasteiger partial charge on any atom is -0.348 e. The van der Waals surface area contributed by atoms with Crippen molar-refractivity contribution in [3.8, 4) is 0 Å². The topological polar surface area (TPSA) is 41.1 Å². The number of rotatable bonds is 6. The molecule has 1 rings (SSSR count). The minimum atomic E-state index is -0.0205. The van der Waals surface area contributed by atoms with Gasteiger partial charge in [-0.15, -0.1) is 0 Å². The molecule has 1 amide bonds. The molecule has 2 N–H and O–H groups in total. The van der Waals surface area contributed by atoms with Gasteiger partial charge in [-0.2, -0.15) is 0 Å². The average molecular weight is 276 g/mol. The Balaban J connectivity index is 2.70. The van der Waals surface area contributed by atoms with Crippen molar-refractivity contribution in [3.05, 3.63) is 35.9 Å². The molecule has 3 heteroatoms. The lowest BCUT2D eigenvalue weighted by atomic mass is 9.82. The Morgan fingerprint density at radius 2 is 1.80 bits per heavy atom. The van der Waals surface area contributed by atoms with Crippen molar-refractivity contribution in [3.63, 3.8) is 0 Å². The van der Waals surface area contributed by atoms with Crippen molar-refractivity contribution in [1.82, 2.24) is 10.6 Å². The van der Waals surface area contributed by atoms with E-state index < -0.39 is 0 Å². The maximum absolute atomic E-state index is 12.1. The summed E-state index contributed by atoms with van der Waals surface area (Å²) in [5.41, 5.74) is 1.13. The highest BCUT2D eigenvalue weighted by atomic mass is 16.2. The average Bonchev–Trinajstić information content (AvgIpc) is 2.41. The van der Waals surface area contributed by atoms with Crippen LogP contribution in [-0.4, -0.2) is 18.5 Å². The van der Waals surface area contributed by atoms with E-state index in [0.29, 0.717) is 12.6 Å². The van der Waals surface area contributed by atoms with E-state index in [1.54, 1.807) is 0 Å². The summed E-state index contributed by atoms with van der Waals surface area (Å²) in [6, 6.07) is 10.5. The standard InChI is InChI=1S/C17H28N2O/c1-6-13(2)18-12-15(20)19-16(17(3,4)5)14-10-8-7-9-11-14/h7-11,13,16,18H,6,12H2,1-5H3,(H,19,20).